The van der Waals surface area contributed by atoms with Gasteiger partial charge in [-0.3, -0.25) is 0 Å². The first-order valence-corrected chi connectivity index (χ1v) is 7.03. The average Bonchev–Trinajstić information content (AvgIpc) is 3.15. The van der Waals surface area contributed by atoms with Gasteiger partial charge < -0.3 is 10.1 Å². The Morgan fingerprint density at radius 2 is 2.45 bits per heavy atom. The van der Waals surface area contributed by atoms with Crippen molar-refractivity contribution in [2.45, 2.75) is 19.4 Å². The Balaban J connectivity index is 2.19. The summed E-state index contributed by atoms with van der Waals surface area (Å²) in [6.45, 7) is 1.97. The minimum Gasteiger partial charge on any atom is -0.466 e. The van der Waals surface area contributed by atoms with Crippen LogP contribution in [0.2, 0.25) is 0 Å². The zero-order chi connectivity index (χ0) is 14.1. The summed E-state index contributed by atoms with van der Waals surface area (Å²) >= 11 is 1.55. The number of carbonyl (C=O) groups is 1. The van der Waals surface area contributed by atoms with Gasteiger partial charge in [0.25, 0.3) is 0 Å². The maximum absolute atomic E-state index is 12.2. The molecule has 0 bridgehead atoms. The number of tetrazole rings is 1. The Hall–Kier alpha value is -2.22. The highest BCUT2D eigenvalue weighted by Crippen LogP contribution is 2.37. The fourth-order valence-corrected chi connectivity index (χ4v) is 3.09. The van der Waals surface area contributed by atoms with Gasteiger partial charge in [0, 0.05) is 10.6 Å². The summed E-state index contributed by atoms with van der Waals surface area (Å²) in [5, 5.41) is 16.7. The van der Waals surface area contributed by atoms with Crippen LogP contribution < -0.4 is 5.32 Å². The Morgan fingerprint density at radius 3 is 3.10 bits per heavy atom. The molecule has 3 rings (SSSR count). The molecule has 20 heavy (non-hydrogen) atoms. The summed E-state index contributed by atoms with van der Waals surface area (Å²) < 4.78 is 6.54. The number of hydrogen-bond acceptors (Lipinski definition) is 7. The standard InChI is InChI=1S/C12H13N5O2S/c1-3-7-9(11(18)19-2)10(8-5-4-6-20-8)17-12(13-7)14-15-16-17/h4-6,10H,3H2,1-2H3,(H,13,14,16)/t10-/m1/s1. The molecule has 0 spiro atoms. The van der Waals surface area contributed by atoms with E-state index in [-0.39, 0.29) is 12.0 Å². The van der Waals surface area contributed by atoms with Crippen LogP contribution in [0.1, 0.15) is 24.3 Å². The number of nitrogens with zero attached hydrogens (tertiary/aromatic N) is 4. The number of carbonyl (C=O) groups excluding carboxylic acids is 1. The number of rotatable bonds is 3. The average molecular weight is 291 g/mol. The maximum atomic E-state index is 12.2. The van der Waals surface area contributed by atoms with Gasteiger partial charge in [-0.15, -0.1) is 11.3 Å². The molecule has 0 saturated heterocycles. The van der Waals surface area contributed by atoms with Gasteiger partial charge in [0.2, 0.25) is 5.95 Å². The molecule has 0 saturated carbocycles. The van der Waals surface area contributed by atoms with Crippen LogP contribution in [-0.4, -0.2) is 33.3 Å². The highest BCUT2D eigenvalue weighted by Gasteiger charge is 2.35. The van der Waals surface area contributed by atoms with Gasteiger partial charge in [-0.2, -0.15) is 4.68 Å². The van der Waals surface area contributed by atoms with Gasteiger partial charge in [0.15, 0.2) is 0 Å². The van der Waals surface area contributed by atoms with Crippen molar-refractivity contribution in [1.29, 1.82) is 0 Å². The molecule has 1 aliphatic heterocycles. The third-order valence-electron chi connectivity index (χ3n) is 3.17. The fourth-order valence-electron chi connectivity index (χ4n) is 2.27. The molecular weight excluding hydrogens is 278 g/mol. The second-order valence-corrected chi connectivity index (χ2v) is 5.21. The van der Waals surface area contributed by atoms with Gasteiger partial charge in [-0.1, -0.05) is 18.1 Å². The van der Waals surface area contributed by atoms with E-state index in [4.69, 9.17) is 4.74 Å². The third-order valence-corrected chi connectivity index (χ3v) is 4.09. The second kappa shape index (κ2) is 5.04. The maximum Gasteiger partial charge on any atom is 0.338 e. The van der Waals surface area contributed by atoms with Crippen molar-refractivity contribution < 1.29 is 9.53 Å². The molecule has 0 amide bonds. The van der Waals surface area contributed by atoms with E-state index >= 15 is 0 Å². The van der Waals surface area contributed by atoms with Crippen LogP contribution in [0.25, 0.3) is 0 Å². The number of anilines is 1. The quantitative estimate of drug-likeness (QED) is 0.865. The number of fused-ring (bicyclic) bond motifs is 1. The predicted molar refractivity (Wildman–Crippen MR) is 73.2 cm³/mol. The number of aromatic nitrogens is 4. The van der Waals surface area contributed by atoms with Crippen molar-refractivity contribution >= 4 is 23.3 Å². The summed E-state index contributed by atoms with van der Waals surface area (Å²) in [6, 6.07) is 3.55. The van der Waals surface area contributed by atoms with E-state index in [0.717, 1.165) is 10.6 Å². The van der Waals surface area contributed by atoms with Gasteiger partial charge in [0.1, 0.15) is 6.04 Å². The third kappa shape index (κ3) is 1.88. The summed E-state index contributed by atoms with van der Waals surface area (Å²) in [6.07, 6.45) is 0.666. The van der Waals surface area contributed by atoms with Crippen LogP contribution >= 0.6 is 11.3 Å². The first-order chi connectivity index (χ1) is 9.76. The molecule has 0 unspecified atom stereocenters. The van der Waals surface area contributed by atoms with Crippen molar-refractivity contribution in [3.05, 3.63) is 33.7 Å². The van der Waals surface area contributed by atoms with Crippen LogP contribution in [0.4, 0.5) is 5.95 Å². The Kier molecular flexibility index (Phi) is 3.23. The molecule has 0 aliphatic carbocycles. The van der Waals surface area contributed by atoms with Gasteiger partial charge in [0.05, 0.1) is 12.7 Å². The SMILES string of the molecule is CCC1=C(C(=O)OC)[C@@H](c2cccs2)n2nnnc2N1. The number of methoxy groups -OCH3 is 1. The number of nitrogens with one attached hydrogen (secondary N) is 1. The van der Waals surface area contributed by atoms with E-state index < -0.39 is 0 Å². The van der Waals surface area contributed by atoms with E-state index in [2.05, 4.69) is 20.8 Å². The topological polar surface area (TPSA) is 81.9 Å². The Labute approximate surface area is 119 Å². The van der Waals surface area contributed by atoms with E-state index in [1.165, 1.54) is 7.11 Å². The molecule has 1 atom stereocenters. The zero-order valence-electron chi connectivity index (χ0n) is 11.0. The summed E-state index contributed by atoms with van der Waals surface area (Å²) in [7, 11) is 1.38. The molecule has 0 radical (unpaired) electrons. The van der Waals surface area contributed by atoms with Gasteiger partial charge >= 0.3 is 5.97 Å². The Morgan fingerprint density at radius 1 is 1.60 bits per heavy atom. The summed E-state index contributed by atoms with van der Waals surface area (Å²) in [4.78, 5) is 13.2. The molecule has 2 aromatic rings. The minimum absolute atomic E-state index is 0.344. The molecular formula is C12H13N5O2S. The predicted octanol–water partition coefficient (Wildman–Crippen LogP) is 1.59. The summed E-state index contributed by atoms with van der Waals surface area (Å²) in [5.74, 6) is 0.168. The molecule has 1 aliphatic rings. The Bertz CT molecular complexity index is 661. The number of allylic oxidation sites excluding steroid dienone is 1. The van der Waals surface area contributed by atoms with E-state index in [9.17, 15) is 4.79 Å². The van der Waals surface area contributed by atoms with Crippen molar-refractivity contribution in [3.63, 3.8) is 0 Å². The van der Waals surface area contributed by atoms with Crippen LogP contribution in [0.3, 0.4) is 0 Å². The fraction of sp³-hybridized carbons (Fsp3) is 0.333. The highest BCUT2D eigenvalue weighted by molar-refractivity contribution is 7.10. The minimum atomic E-state index is -0.367. The normalized spacial score (nSPS) is 17.6. The highest BCUT2D eigenvalue weighted by atomic mass is 32.1. The van der Waals surface area contributed by atoms with Crippen molar-refractivity contribution in [1.82, 2.24) is 20.2 Å². The molecule has 0 aromatic carbocycles. The molecule has 0 fully saturated rings. The van der Waals surface area contributed by atoms with Crippen LogP contribution in [0, 0.1) is 0 Å². The first kappa shape index (κ1) is 12.8. The molecule has 8 heteroatoms. The second-order valence-electron chi connectivity index (χ2n) is 4.23. The van der Waals surface area contributed by atoms with Gasteiger partial charge in [-0.25, -0.2) is 4.79 Å². The van der Waals surface area contributed by atoms with Crippen molar-refractivity contribution in [2.24, 2.45) is 0 Å². The van der Waals surface area contributed by atoms with Crippen molar-refractivity contribution in [2.75, 3.05) is 12.4 Å². The van der Waals surface area contributed by atoms with Crippen molar-refractivity contribution in [3.8, 4) is 0 Å². The smallest absolute Gasteiger partial charge is 0.338 e. The van der Waals surface area contributed by atoms with E-state index in [0.29, 0.717) is 17.9 Å². The summed E-state index contributed by atoms with van der Waals surface area (Å²) in [5.41, 5.74) is 1.34. The largest absolute Gasteiger partial charge is 0.466 e. The number of thiophene rings is 1. The lowest BCUT2D eigenvalue weighted by Crippen LogP contribution is -2.29. The van der Waals surface area contributed by atoms with E-state index in [1.807, 2.05) is 24.4 Å². The number of ether oxygens (including phenoxy) is 1. The van der Waals surface area contributed by atoms with Gasteiger partial charge in [-0.05, 0) is 28.3 Å². The molecule has 7 nitrogen and oxygen atoms in total. The van der Waals surface area contributed by atoms with E-state index in [1.54, 1.807) is 16.0 Å². The lowest BCUT2D eigenvalue weighted by Gasteiger charge is -2.26. The van der Waals surface area contributed by atoms with Crippen LogP contribution in [0.5, 0.6) is 0 Å². The molecule has 2 aromatic heterocycles. The number of esters is 1. The first-order valence-electron chi connectivity index (χ1n) is 6.16. The number of hydrogen-bond donors (Lipinski definition) is 1. The lowest BCUT2D eigenvalue weighted by molar-refractivity contribution is -0.136. The zero-order valence-corrected chi connectivity index (χ0v) is 11.8. The molecule has 1 N–H and O–H groups in total. The monoisotopic (exact) mass is 291 g/mol. The van der Waals surface area contributed by atoms with Crippen LogP contribution in [0.15, 0.2) is 28.8 Å². The molecule has 3 heterocycles. The molecule has 104 valence electrons. The lowest BCUT2D eigenvalue weighted by atomic mass is 10.00. The van der Waals surface area contributed by atoms with Crippen LogP contribution in [-0.2, 0) is 9.53 Å².